The lowest BCUT2D eigenvalue weighted by Gasteiger charge is -2.02. The Morgan fingerprint density at radius 3 is 2.88 bits per heavy atom. The Labute approximate surface area is 113 Å². The molecule has 0 radical (unpaired) electrons. The Bertz CT molecular complexity index is 568. The van der Waals surface area contributed by atoms with E-state index in [4.69, 9.17) is 23.2 Å². The van der Waals surface area contributed by atoms with Gasteiger partial charge in [-0.1, -0.05) is 34.6 Å². The quantitative estimate of drug-likeness (QED) is 0.809. The van der Waals surface area contributed by atoms with E-state index in [1.165, 1.54) is 0 Å². The molecule has 0 aliphatic rings. The summed E-state index contributed by atoms with van der Waals surface area (Å²) in [5.41, 5.74) is 1.08. The summed E-state index contributed by atoms with van der Waals surface area (Å²) in [6.45, 7) is 1.92. The zero-order chi connectivity index (χ0) is 12.4. The van der Waals surface area contributed by atoms with Crippen molar-refractivity contribution in [2.75, 3.05) is 0 Å². The molecule has 2 rings (SSSR count). The van der Waals surface area contributed by atoms with Gasteiger partial charge < -0.3 is 0 Å². The lowest BCUT2D eigenvalue weighted by Crippen LogP contribution is -2.03. The minimum absolute atomic E-state index is 0.177. The summed E-state index contributed by atoms with van der Waals surface area (Å²) < 4.78 is 3.79. The topological polar surface area (TPSA) is 42.9 Å². The van der Waals surface area contributed by atoms with Gasteiger partial charge in [-0.2, -0.15) is 0 Å². The molecule has 0 saturated carbocycles. The van der Waals surface area contributed by atoms with Crippen LogP contribution in [0, 0.1) is 0 Å². The van der Waals surface area contributed by atoms with E-state index in [9.17, 15) is 4.79 Å². The van der Waals surface area contributed by atoms with Gasteiger partial charge in [0.1, 0.15) is 4.88 Å². The number of ketones is 1. The van der Waals surface area contributed by atoms with Crippen molar-refractivity contribution >= 4 is 40.5 Å². The summed E-state index contributed by atoms with van der Waals surface area (Å²) in [7, 11) is 0. The summed E-state index contributed by atoms with van der Waals surface area (Å²) in [5, 5.41) is 4.77. The molecule has 17 heavy (non-hydrogen) atoms. The highest BCUT2D eigenvalue weighted by atomic mass is 35.5. The van der Waals surface area contributed by atoms with Crippen LogP contribution in [0.1, 0.15) is 27.9 Å². The third-order valence-corrected chi connectivity index (χ3v) is 3.60. The first kappa shape index (κ1) is 12.5. The van der Waals surface area contributed by atoms with E-state index in [1.807, 2.05) is 6.92 Å². The highest BCUT2D eigenvalue weighted by Crippen LogP contribution is 2.25. The van der Waals surface area contributed by atoms with E-state index in [1.54, 1.807) is 18.2 Å². The fourth-order valence-electron chi connectivity index (χ4n) is 1.41. The Balaban J connectivity index is 2.47. The van der Waals surface area contributed by atoms with Gasteiger partial charge in [-0.25, -0.2) is 0 Å². The van der Waals surface area contributed by atoms with Gasteiger partial charge in [0.15, 0.2) is 0 Å². The molecule has 1 aromatic heterocycles. The smallest absolute Gasteiger partial charge is 0.208 e. The average Bonchev–Trinajstić information content (AvgIpc) is 2.79. The number of aromatic nitrogens is 2. The second-order valence-corrected chi connectivity index (χ2v) is 4.95. The first-order valence-electron chi connectivity index (χ1n) is 4.94. The summed E-state index contributed by atoms with van der Waals surface area (Å²) in [6, 6.07) is 4.81. The molecule has 0 bridgehead atoms. The molecule has 6 heteroatoms. The first-order chi connectivity index (χ1) is 8.13. The van der Waals surface area contributed by atoms with Crippen molar-refractivity contribution in [3.8, 4) is 0 Å². The maximum absolute atomic E-state index is 12.2. The minimum Gasteiger partial charge on any atom is -0.288 e. The standard InChI is InChI=1S/C11H8Cl2N2OS/c1-2-9-11(17-15-14-9)10(16)7-5-6(12)3-4-8(7)13/h3-5H,2H2,1H3. The fourth-order valence-corrected chi connectivity index (χ4v) is 2.49. The van der Waals surface area contributed by atoms with Gasteiger partial charge in [-0.15, -0.1) is 5.10 Å². The third kappa shape index (κ3) is 2.49. The zero-order valence-electron chi connectivity index (χ0n) is 8.91. The van der Waals surface area contributed by atoms with Crippen molar-refractivity contribution in [3.05, 3.63) is 44.4 Å². The lowest BCUT2D eigenvalue weighted by molar-refractivity contribution is 0.104. The number of aryl methyl sites for hydroxylation is 1. The van der Waals surface area contributed by atoms with Gasteiger partial charge in [0, 0.05) is 10.6 Å². The number of carbonyl (C=O) groups is 1. The number of hydrogen-bond donors (Lipinski definition) is 0. The predicted octanol–water partition coefficient (Wildman–Crippen LogP) is 3.64. The minimum atomic E-state index is -0.177. The van der Waals surface area contributed by atoms with Crippen molar-refractivity contribution in [2.24, 2.45) is 0 Å². The highest BCUT2D eigenvalue weighted by Gasteiger charge is 2.19. The maximum Gasteiger partial charge on any atom is 0.208 e. The Kier molecular flexibility index (Phi) is 3.76. The Hall–Kier alpha value is -0.970. The number of benzene rings is 1. The van der Waals surface area contributed by atoms with Crippen LogP contribution in [0.2, 0.25) is 10.0 Å². The van der Waals surface area contributed by atoms with Crippen LogP contribution in [0.3, 0.4) is 0 Å². The van der Waals surface area contributed by atoms with Gasteiger partial charge in [-0.3, -0.25) is 4.79 Å². The molecule has 0 aliphatic heterocycles. The summed E-state index contributed by atoms with van der Waals surface area (Å²) >= 11 is 12.9. The van der Waals surface area contributed by atoms with Gasteiger partial charge in [0.05, 0.1) is 10.7 Å². The number of nitrogens with zero attached hydrogens (tertiary/aromatic N) is 2. The van der Waals surface area contributed by atoms with E-state index >= 15 is 0 Å². The molecule has 0 N–H and O–H groups in total. The molecule has 0 atom stereocenters. The molecule has 2 aromatic rings. The molecule has 0 unspecified atom stereocenters. The molecular weight excluding hydrogens is 279 g/mol. The van der Waals surface area contributed by atoms with E-state index in [0.29, 0.717) is 32.6 Å². The summed E-state index contributed by atoms with van der Waals surface area (Å²) in [5.74, 6) is -0.177. The van der Waals surface area contributed by atoms with Crippen LogP contribution in [0.25, 0.3) is 0 Å². The molecule has 0 aliphatic carbocycles. The summed E-state index contributed by atoms with van der Waals surface area (Å²) in [6.07, 6.45) is 0.662. The molecule has 1 heterocycles. The average molecular weight is 287 g/mol. The van der Waals surface area contributed by atoms with E-state index in [-0.39, 0.29) is 5.78 Å². The molecular formula is C11H8Cl2N2OS. The fraction of sp³-hybridized carbons (Fsp3) is 0.182. The molecule has 3 nitrogen and oxygen atoms in total. The van der Waals surface area contributed by atoms with E-state index in [2.05, 4.69) is 9.59 Å². The molecule has 0 fully saturated rings. The predicted molar refractivity (Wildman–Crippen MR) is 69.2 cm³/mol. The monoisotopic (exact) mass is 286 g/mol. The van der Waals surface area contributed by atoms with Gasteiger partial charge in [-0.05, 0) is 36.2 Å². The molecule has 88 valence electrons. The zero-order valence-corrected chi connectivity index (χ0v) is 11.2. The second kappa shape index (κ2) is 5.12. The Morgan fingerprint density at radius 2 is 2.18 bits per heavy atom. The van der Waals surface area contributed by atoms with Crippen molar-refractivity contribution in [3.63, 3.8) is 0 Å². The van der Waals surface area contributed by atoms with Crippen LogP contribution in [0.15, 0.2) is 18.2 Å². The van der Waals surface area contributed by atoms with Crippen molar-refractivity contribution in [2.45, 2.75) is 13.3 Å². The second-order valence-electron chi connectivity index (χ2n) is 3.36. The van der Waals surface area contributed by atoms with Crippen LogP contribution in [0.5, 0.6) is 0 Å². The van der Waals surface area contributed by atoms with Gasteiger partial charge >= 0.3 is 0 Å². The van der Waals surface area contributed by atoms with Crippen LogP contribution >= 0.6 is 34.7 Å². The lowest BCUT2D eigenvalue weighted by atomic mass is 10.1. The number of carbonyl (C=O) groups excluding carboxylic acids is 1. The highest BCUT2D eigenvalue weighted by molar-refractivity contribution is 7.08. The normalized spacial score (nSPS) is 10.5. The van der Waals surface area contributed by atoms with Crippen molar-refractivity contribution in [1.82, 2.24) is 9.59 Å². The SMILES string of the molecule is CCc1nnsc1C(=O)c1cc(Cl)ccc1Cl. The molecule has 0 amide bonds. The van der Waals surface area contributed by atoms with Crippen LogP contribution in [-0.4, -0.2) is 15.4 Å². The number of hydrogen-bond acceptors (Lipinski definition) is 4. The van der Waals surface area contributed by atoms with Crippen molar-refractivity contribution < 1.29 is 4.79 Å². The van der Waals surface area contributed by atoms with Crippen LogP contribution < -0.4 is 0 Å². The summed E-state index contributed by atoms with van der Waals surface area (Å²) in [4.78, 5) is 12.8. The van der Waals surface area contributed by atoms with E-state index < -0.39 is 0 Å². The number of rotatable bonds is 3. The third-order valence-electron chi connectivity index (χ3n) is 2.27. The maximum atomic E-state index is 12.2. The van der Waals surface area contributed by atoms with Gasteiger partial charge in [0.25, 0.3) is 0 Å². The molecule has 0 saturated heterocycles. The first-order valence-corrected chi connectivity index (χ1v) is 6.47. The van der Waals surface area contributed by atoms with Crippen molar-refractivity contribution in [1.29, 1.82) is 0 Å². The molecule has 1 aromatic carbocycles. The largest absolute Gasteiger partial charge is 0.288 e. The molecule has 0 spiro atoms. The number of halogens is 2. The van der Waals surface area contributed by atoms with E-state index in [0.717, 1.165) is 11.5 Å². The van der Waals surface area contributed by atoms with Gasteiger partial charge in [0.2, 0.25) is 5.78 Å². The van der Waals surface area contributed by atoms with Crippen LogP contribution in [0.4, 0.5) is 0 Å². The Morgan fingerprint density at radius 1 is 1.41 bits per heavy atom. The van der Waals surface area contributed by atoms with Crippen LogP contribution in [-0.2, 0) is 6.42 Å².